The van der Waals surface area contributed by atoms with Gasteiger partial charge in [-0.05, 0) is 65.7 Å². The monoisotopic (exact) mass is 370 g/mol. The smallest absolute Gasteiger partial charge is 0.308 e. The molecule has 6 heteroatoms. The number of halogens is 1. The molecular formula is C16H19BrO5. The molecule has 1 N–H and O–H groups in total. The van der Waals surface area contributed by atoms with Gasteiger partial charge in [-0.3, -0.25) is 9.59 Å². The molecule has 0 amide bonds. The number of esters is 1. The molecule has 1 aliphatic carbocycles. The number of hydrogen-bond acceptors (Lipinski definition) is 4. The number of carboxylic acids is 1. The number of benzene rings is 1. The Bertz CT molecular complexity index is 564. The Morgan fingerprint density at radius 1 is 1.32 bits per heavy atom. The standard InChI is InChI=1S/C16H19BrO5/c1-10(18)21-14-9-11(6-7-15(19)20)8-13(17)16(14)22-12-4-2-3-5-12/h8-9,12H,2-7H2,1H3,(H,19,20). The van der Waals surface area contributed by atoms with Crippen LogP contribution in [0.15, 0.2) is 16.6 Å². The zero-order valence-corrected chi connectivity index (χ0v) is 14.0. The molecule has 2 rings (SSSR count). The first-order valence-electron chi connectivity index (χ1n) is 7.35. The van der Waals surface area contributed by atoms with Gasteiger partial charge >= 0.3 is 11.9 Å². The van der Waals surface area contributed by atoms with E-state index in [2.05, 4.69) is 15.9 Å². The maximum atomic E-state index is 11.3. The molecule has 1 aromatic rings. The highest BCUT2D eigenvalue weighted by atomic mass is 79.9. The van der Waals surface area contributed by atoms with Crippen LogP contribution in [0.5, 0.6) is 11.5 Å². The lowest BCUT2D eigenvalue weighted by Crippen LogP contribution is -2.13. The molecule has 1 fully saturated rings. The van der Waals surface area contributed by atoms with Crippen molar-refractivity contribution in [3.63, 3.8) is 0 Å². The Morgan fingerprint density at radius 2 is 2.00 bits per heavy atom. The summed E-state index contributed by atoms with van der Waals surface area (Å²) in [7, 11) is 0. The summed E-state index contributed by atoms with van der Waals surface area (Å²) >= 11 is 3.44. The minimum atomic E-state index is -0.864. The fourth-order valence-electron chi connectivity index (χ4n) is 2.54. The third kappa shape index (κ3) is 4.73. The summed E-state index contributed by atoms with van der Waals surface area (Å²) in [5.41, 5.74) is 0.782. The van der Waals surface area contributed by atoms with E-state index in [1.54, 1.807) is 6.07 Å². The lowest BCUT2D eigenvalue weighted by Gasteiger charge is -2.18. The zero-order chi connectivity index (χ0) is 16.1. The van der Waals surface area contributed by atoms with Crippen molar-refractivity contribution in [1.29, 1.82) is 0 Å². The van der Waals surface area contributed by atoms with Gasteiger partial charge in [0.05, 0.1) is 10.6 Å². The maximum Gasteiger partial charge on any atom is 0.308 e. The number of ether oxygens (including phenoxy) is 2. The molecule has 120 valence electrons. The van der Waals surface area contributed by atoms with Crippen molar-refractivity contribution >= 4 is 27.9 Å². The number of carbonyl (C=O) groups excluding carboxylic acids is 1. The van der Waals surface area contributed by atoms with E-state index in [0.717, 1.165) is 31.2 Å². The van der Waals surface area contributed by atoms with Gasteiger partial charge in [0.1, 0.15) is 0 Å². The van der Waals surface area contributed by atoms with Gasteiger partial charge in [-0.2, -0.15) is 0 Å². The summed E-state index contributed by atoms with van der Waals surface area (Å²) in [6.07, 6.45) is 4.79. The molecule has 0 spiro atoms. The largest absolute Gasteiger partial charge is 0.485 e. The molecule has 5 nitrogen and oxygen atoms in total. The Morgan fingerprint density at radius 3 is 2.59 bits per heavy atom. The molecule has 0 saturated heterocycles. The molecule has 0 heterocycles. The number of carboxylic acid groups (broad SMARTS) is 1. The zero-order valence-electron chi connectivity index (χ0n) is 12.4. The van der Waals surface area contributed by atoms with Crippen LogP contribution in [0.4, 0.5) is 0 Å². The van der Waals surface area contributed by atoms with Gasteiger partial charge in [-0.15, -0.1) is 0 Å². The number of carbonyl (C=O) groups is 2. The van der Waals surface area contributed by atoms with Gasteiger partial charge in [0, 0.05) is 13.3 Å². The van der Waals surface area contributed by atoms with E-state index in [9.17, 15) is 9.59 Å². The molecule has 0 unspecified atom stereocenters. The predicted octanol–water partition coefficient (Wildman–Crippen LogP) is 3.71. The van der Waals surface area contributed by atoms with Crippen LogP contribution in [0, 0.1) is 0 Å². The highest BCUT2D eigenvalue weighted by Gasteiger charge is 2.21. The van der Waals surface area contributed by atoms with Crippen molar-refractivity contribution in [2.45, 2.75) is 51.6 Å². The second kappa shape index (κ2) is 7.63. The average molecular weight is 371 g/mol. The van der Waals surface area contributed by atoms with Crippen LogP contribution in [0.25, 0.3) is 0 Å². The maximum absolute atomic E-state index is 11.3. The molecular weight excluding hydrogens is 352 g/mol. The van der Waals surface area contributed by atoms with Crippen LogP contribution in [0.3, 0.4) is 0 Å². The Labute approximate surface area is 137 Å². The molecule has 0 aliphatic heterocycles. The first kappa shape index (κ1) is 16.8. The fraction of sp³-hybridized carbons (Fsp3) is 0.500. The topological polar surface area (TPSA) is 72.8 Å². The van der Waals surface area contributed by atoms with Gasteiger partial charge in [-0.1, -0.05) is 0 Å². The van der Waals surface area contributed by atoms with Crippen molar-refractivity contribution in [2.75, 3.05) is 0 Å². The lowest BCUT2D eigenvalue weighted by molar-refractivity contribution is -0.137. The van der Waals surface area contributed by atoms with Crippen LogP contribution < -0.4 is 9.47 Å². The number of aliphatic carboxylic acids is 1. The molecule has 1 aliphatic rings. The van der Waals surface area contributed by atoms with Gasteiger partial charge in [0.25, 0.3) is 0 Å². The first-order chi connectivity index (χ1) is 10.5. The fourth-order valence-corrected chi connectivity index (χ4v) is 3.12. The van der Waals surface area contributed by atoms with Gasteiger partial charge in [0.2, 0.25) is 0 Å². The summed E-state index contributed by atoms with van der Waals surface area (Å²) in [5.74, 6) is -0.440. The second-order valence-electron chi connectivity index (χ2n) is 5.42. The van der Waals surface area contributed by atoms with Crippen LogP contribution in [-0.2, 0) is 16.0 Å². The van der Waals surface area contributed by atoms with E-state index in [4.69, 9.17) is 14.6 Å². The number of aryl methyl sites for hydroxylation is 1. The van der Waals surface area contributed by atoms with E-state index in [0.29, 0.717) is 22.4 Å². The Balaban J connectivity index is 2.24. The summed E-state index contributed by atoms with van der Waals surface area (Å²) in [6.45, 7) is 1.33. The highest BCUT2D eigenvalue weighted by molar-refractivity contribution is 9.10. The number of rotatable bonds is 6. The molecule has 0 atom stereocenters. The molecule has 0 radical (unpaired) electrons. The van der Waals surface area contributed by atoms with Crippen LogP contribution in [0.2, 0.25) is 0 Å². The Hall–Kier alpha value is -1.56. The van der Waals surface area contributed by atoms with E-state index >= 15 is 0 Å². The number of hydrogen-bond donors (Lipinski definition) is 1. The van der Waals surface area contributed by atoms with Crippen LogP contribution in [-0.4, -0.2) is 23.1 Å². The third-order valence-electron chi connectivity index (χ3n) is 3.54. The summed E-state index contributed by atoms with van der Waals surface area (Å²) in [5, 5.41) is 8.78. The van der Waals surface area contributed by atoms with Crippen molar-refractivity contribution < 1.29 is 24.2 Å². The van der Waals surface area contributed by atoms with E-state index < -0.39 is 11.9 Å². The Kier molecular flexibility index (Phi) is 5.83. The van der Waals surface area contributed by atoms with E-state index in [1.807, 2.05) is 6.07 Å². The van der Waals surface area contributed by atoms with Crippen LogP contribution in [0.1, 0.15) is 44.6 Å². The molecule has 1 aromatic carbocycles. The quantitative estimate of drug-likeness (QED) is 0.610. The lowest BCUT2D eigenvalue weighted by atomic mass is 10.1. The molecule has 0 aromatic heterocycles. The summed E-state index contributed by atoms with van der Waals surface area (Å²) in [6, 6.07) is 3.50. The molecule has 1 saturated carbocycles. The van der Waals surface area contributed by atoms with Crippen molar-refractivity contribution in [3.05, 3.63) is 22.2 Å². The first-order valence-corrected chi connectivity index (χ1v) is 8.14. The average Bonchev–Trinajstić information content (AvgIpc) is 2.92. The summed E-state index contributed by atoms with van der Waals surface area (Å²) < 4.78 is 11.9. The van der Waals surface area contributed by atoms with E-state index in [-0.39, 0.29) is 12.5 Å². The SMILES string of the molecule is CC(=O)Oc1cc(CCC(=O)O)cc(Br)c1OC1CCCC1. The molecule has 0 bridgehead atoms. The normalized spacial score (nSPS) is 14.8. The van der Waals surface area contributed by atoms with Crippen LogP contribution >= 0.6 is 15.9 Å². The minimum Gasteiger partial charge on any atom is -0.485 e. The van der Waals surface area contributed by atoms with Gasteiger partial charge in [0.15, 0.2) is 11.5 Å². The van der Waals surface area contributed by atoms with E-state index in [1.165, 1.54) is 6.92 Å². The highest BCUT2D eigenvalue weighted by Crippen LogP contribution is 2.39. The van der Waals surface area contributed by atoms with Crippen molar-refractivity contribution in [2.24, 2.45) is 0 Å². The molecule has 22 heavy (non-hydrogen) atoms. The van der Waals surface area contributed by atoms with Crippen molar-refractivity contribution in [3.8, 4) is 11.5 Å². The third-order valence-corrected chi connectivity index (χ3v) is 4.13. The summed E-state index contributed by atoms with van der Waals surface area (Å²) in [4.78, 5) is 22.0. The van der Waals surface area contributed by atoms with Gasteiger partial charge in [-0.25, -0.2) is 0 Å². The van der Waals surface area contributed by atoms with Crippen molar-refractivity contribution in [1.82, 2.24) is 0 Å². The minimum absolute atomic E-state index is 0.0226. The predicted molar refractivity (Wildman–Crippen MR) is 84.3 cm³/mol. The second-order valence-corrected chi connectivity index (χ2v) is 6.27. The van der Waals surface area contributed by atoms with Gasteiger partial charge < -0.3 is 14.6 Å².